The molecule has 1 aromatic heterocycles. The van der Waals surface area contributed by atoms with E-state index >= 15 is 0 Å². The van der Waals surface area contributed by atoms with E-state index in [0.717, 1.165) is 5.56 Å². The highest BCUT2D eigenvalue weighted by molar-refractivity contribution is 6.09. The molecule has 1 aliphatic heterocycles. The van der Waals surface area contributed by atoms with Crippen molar-refractivity contribution in [1.82, 2.24) is 15.6 Å². The molecule has 5 nitrogen and oxygen atoms in total. The Labute approximate surface area is 107 Å². The number of pyridine rings is 1. The summed E-state index contributed by atoms with van der Waals surface area (Å²) in [5.41, 5.74) is 0.0432. The predicted octanol–water partition coefficient (Wildman–Crippen LogP) is 1.03. The number of aromatic nitrogens is 1. The largest absolute Gasteiger partial charge is 0.338 e. The van der Waals surface area contributed by atoms with E-state index < -0.39 is 5.54 Å². The van der Waals surface area contributed by atoms with Gasteiger partial charge in [0.15, 0.2) is 5.96 Å². The molecule has 2 N–H and O–H groups in total. The number of guanidine groups is 1. The van der Waals surface area contributed by atoms with E-state index in [1.807, 2.05) is 19.1 Å². The fraction of sp³-hybridized carbons (Fsp3) is 0.462. The molecule has 96 valence electrons. The maximum Gasteiger partial charge on any atom is 0.256 e. The monoisotopic (exact) mass is 246 g/mol. The van der Waals surface area contributed by atoms with Gasteiger partial charge in [-0.15, -0.1) is 0 Å². The zero-order valence-corrected chi connectivity index (χ0v) is 10.9. The van der Waals surface area contributed by atoms with Gasteiger partial charge >= 0.3 is 0 Å². The molecule has 2 rings (SSSR count). The summed E-state index contributed by atoms with van der Waals surface area (Å²) >= 11 is 0. The van der Waals surface area contributed by atoms with Crippen LogP contribution in [0.5, 0.6) is 0 Å². The van der Waals surface area contributed by atoms with Gasteiger partial charge in [0.05, 0.1) is 0 Å². The minimum absolute atomic E-state index is 0.0991. The van der Waals surface area contributed by atoms with E-state index in [4.69, 9.17) is 0 Å². The Balaban J connectivity index is 2.21. The van der Waals surface area contributed by atoms with E-state index in [-0.39, 0.29) is 5.91 Å². The van der Waals surface area contributed by atoms with Crippen molar-refractivity contribution in [2.75, 3.05) is 6.54 Å². The molecule has 18 heavy (non-hydrogen) atoms. The van der Waals surface area contributed by atoms with Gasteiger partial charge in [0.1, 0.15) is 5.54 Å². The minimum Gasteiger partial charge on any atom is -0.338 e. The van der Waals surface area contributed by atoms with Gasteiger partial charge in [0.2, 0.25) is 0 Å². The van der Waals surface area contributed by atoms with Crippen LogP contribution in [-0.4, -0.2) is 23.4 Å². The van der Waals surface area contributed by atoms with Crippen molar-refractivity contribution in [2.45, 2.75) is 26.3 Å². The number of rotatable bonds is 3. The average molecular weight is 246 g/mol. The van der Waals surface area contributed by atoms with Crippen LogP contribution in [0.15, 0.2) is 29.5 Å². The van der Waals surface area contributed by atoms with Crippen molar-refractivity contribution < 1.29 is 4.79 Å². The summed E-state index contributed by atoms with van der Waals surface area (Å²) in [4.78, 5) is 20.5. The van der Waals surface area contributed by atoms with Crippen LogP contribution < -0.4 is 10.6 Å². The molecule has 1 amide bonds. The zero-order valence-electron chi connectivity index (χ0n) is 10.9. The smallest absolute Gasteiger partial charge is 0.256 e. The fourth-order valence-electron chi connectivity index (χ4n) is 1.77. The summed E-state index contributed by atoms with van der Waals surface area (Å²) < 4.78 is 0. The lowest BCUT2D eigenvalue weighted by Crippen LogP contribution is -2.40. The third-order valence-electron chi connectivity index (χ3n) is 2.91. The summed E-state index contributed by atoms with van der Waals surface area (Å²) in [5.74, 6) is 0.902. The van der Waals surface area contributed by atoms with Gasteiger partial charge in [-0.3, -0.25) is 20.1 Å². The van der Waals surface area contributed by atoms with Crippen molar-refractivity contribution in [2.24, 2.45) is 10.9 Å². The lowest BCUT2D eigenvalue weighted by Gasteiger charge is -2.20. The highest BCUT2D eigenvalue weighted by atomic mass is 16.2. The van der Waals surface area contributed by atoms with E-state index in [1.165, 1.54) is 0 Å². The van der Waals surface area contributed by atoms with Crippen molar-refractivity contribution in [3.63, 3.8) is 0 Å². The molecule has 0 aromatic carbocycles. The lowest BCUT2D eigenvalue weighted by atomic mass is 9.94. The third-order valence-corrected chi connectivity index (χ3v) is 2.91. The predicted molar refractivity (Wildman–Crippen MR) is 70.0 cm³/mol. The molecule has 5 heteroatoms. The van der Waals surface area contributed by atoms with Gasteiger partial charge in [0, 0.05) is 24.5 Å². The zero-order chi connectivity index (χ0) is 13.2. The molecule has 1 aliphatic rings. The number of carbonyl (C=O) groups excluding carboxylic acids is 1. The quantitative estimate of drug-likeness (QED) is 0.837. The fourth-order valence-corrected chi connectivity index (χ4v) is 1.77. The SMILES string of the molecule is CC(C)CN=C1NC(=O)C(C)(c2cccnc2)N1. The van der Waals surface area contributed by atoms with Crippen LogP contribution in [0.25, 0.3) is 0 Å². The Morgan fingerprint density at radius 3 is 2.89 bits per heavy atom. The lowest BCUT2D eigenvalue weighted by molar-refractivity contribution is -0.123. The topological polar surface area (TPSA) is 66.4 Å². The third kappa shape index (κ3) is 2.34. The van der Waals surface area contributed by atoms with Gasteiger partial charge in [-0.2, -0.15) is 0 Å². The summed E-state index contributed by atoms with van der Waals surface area (Å²) in [6.45, 7) is 6.69. The van der Waals surface area contributed by atoms with Crippen molar-refractivity contribution >= 4 is 11.9 Å². The van der Waals surface area contributed by atoms with Gasteiger partial charge in [-0.25, -0.2) is 0 Å². The maximum atomic E-state index is 12.1. The van der Waals surface area contributed by atoms with E-state index in [9.17, 15) is 4.79 Å². The van der Waals surface area contributed by atoms with Crippen molar-refractivity contribution in [1.29, 1.82) is 0 Å². The van der Waals surface area contributed by atoms with Crippen LogP contribution in [0.1, 0.15) is 26.3 Å². The number of hydrogen-bond acceptors (Lipinski definition) is 3. The first-order chi connectivity index (χ1) is 8.52. The molecular formula is C13H18N4O. The van der Waals surface area contributed by atoms with E-state index in [2.05, 4.69) is 34.5 Å². The molecule has 0 aliphatic carbocycles. The summed E-state index contributed by atoms with van der Waals surface area (Å²) in [6, 6.07) is 3.70. The Hall–Kier alpha value is -1.91. The second-order valence-corrected chi connectivity index (χ2v) is 5.03. The molecule has 0 saturated carbocycles. The normalized spacial score (nSPS) is 25.3. The second kappa shape index (κ2) is 4.76. The van der Waals surface area contributed by atoms with Crippen molar-refractivity contribution in [3.05, 3.63) is 30.1 Å². The highest BCUT2D eigenvalue weighted by Crippen LogP contribution is 2.23. The molecule has 1 saturated heterocycles. The summed E-state index contributed by atoms with van der Waals surface area (Å²) in [6.07, 6.45) is 3.38. The molecule has 1 aromatic rings. The maximum absolute atomic E-state index is 12.1. The van der Waals surface area contributed by atoms with E-state index in [0.29, 0.717) is 18.4 Å². The van der Waals surface area contributed by atoms with Crippen molar-refractivity contribution in [3.8, 4) is 0 Å². The Kier molecular flexibility index (Phi) is 3.32. The molecule has 1 unspecified atom stereocenters. The van der Waals surface area contributed by atoms with Gasteiger partial charge < -0.3 is 5.32 Å². The van der Waals surface area contributed by atoms with E-state index in [1.54, 1.807) is 12.4 Å². The van der Waals surface area contributed by atoms with Crippen LogP contribution in [0.3, 0.4) is 0 Å². The van der Waals surface area contributed by atoms with Crippen LogP contribution >= 0.6 is 0 Å². The van der Waals surface area contributed by atoms with Crippen LogP contribution in [0.2, 0.25) is 0 Å². The first-order valence-electron chi connectivity index (χ1n) is 6.07. The number of hydrogen-bond donors (Lipinski definition) is 2. The standard InChI is InChI=1S/C13H18N4O/c1-9(2)7-15-12-16-11(18)13(3,17-12)10-5-4-6-14-8-10/h4-6,8-9H,7H2,1-3H3,(H2,15,16,17,18). The Morgan fingerprint density at radius 2 is 2.28 bits per heavy atom. The summed E-state index contributed by atoms with van der Waals surface area (Å²) in [5, 5.41) is 5.91. The van der Waals surface area contributed by atoms with Gasteiger partial charge in [-0.1, -0.05) is 19.9 Å². The highest BCUT2D eigenvalue weighted by Gasteiger charge is 2.42. The van der Waals surface area contributed by atoms with Crippen LogP contribution in [0, 0.1) is 5.92 Å². The number of carbonyl (C=O) groups is 1. The number of aliphatic imine (C=N–C) groups is 1. The minimum atomic E-state index is -0.788. The Bertz CT molecular complexity index is 469. The molecule has 2 heterocycles. The first kappa shape index (κ1) is 12.5. The van der Waals surface area contributed by atoms with Gasteiger partial charge in [0.25, 0.3) is 5.91 Å². The number of amides is 1. The van der Waals surface area contributed by atoms with Crippen LogP contribution in [-0.2, 0) is 10.3 Å². The molecule has 1 fully saturated rings. The molecule has 0 spiro atoms. The van der Waals surface area contributed by atoms with Crippen LogP contribution in [0.4, 0.5) is 0 Å². The first-order valence-corrected chi connectivity index (χ1v) is 6.07. The molecule has 0 radical (unpaired) electrons. The molecule has 1 atom stereocenters. The second-order valence-electron chi connectivity index (χ2n) is 5.03. The number of nitrogens with one attached hydrogen (secondary N) is 2. The Morgan fingerprint density at radius 1 is 1.50 bits per heavy atom. The average Bonchev–Trinajstić information content (AvgIpc) is 2.65. The van der Waals surface area contributed by atoms with Gasteiger partial charge in [-0.05, 0) is 18.9 Å². The number of nitrogens with zero attached hydrogens (tertiary/aromatic N) is 2. The molecular weight excluding hydrogens is 228 g/mol. The summed E-state index contributed by atoms with van der Waals surface area (Å²) in [7, 11) is 0. The molecule has 0 bridgehead atoms.